The molecule has 2 rings (SSSR count). The third-order valence-corrected chi connectivity index (χ3v) is 3.22. The Balaban J connectivity index is 1.88. The van der Waals surface area contributed by atoms with Crippen LogP contribution in [0, 0.1) is 0 Å². The Morgan fingerprint density at radius 1 is 1.41 bits per heavy atom. The zero-order valence-corrected chi connectivity index (χ0v) is 12.1. The molecular formula is C14H17F3N2O3. The summed E-state index contributed by atoms with van der Waals surface area (Å²) in [5.41, 5.74) is -1.03. The summed E-state index contributed by atoms with van der Waals surface area (Å²) < 4.78 is 47.6. The van der Waals surface area contributed by atoms with E-state index in [2.05, 4.69) is 9.88 Å². The Morgan fingerprint density at radius 2 is 2.09 bits per heavy atom. The van der Waals surface area contributed by atoms with Crippen LogP contribution in [-0.2, 0) is 15.7 Å². The molecule has 22 heavy (non-hydrogen) atoms. The summed E-state index contributed by atoms with van der Waals surface area (Å²) in [6, 6.07) is 1.84. The average Bonchev–Trinajstić information content (AvgIpc) is 2.47. The van der Waals surface area contributed by atoms with Gasteiger partial charge in [0.1, 0.15) is 11.8 Å². The van der Waals surface area contributed by atoms with Crippen LogP contribution in [0.3, 0.4) is 0 Å². The lowest BCUT2D eigenvalue weighted by Crippen LogP contribution is -2.41. The van der Waals surface area contributed by atoms with Crippen LogP contribution in [-0.4, -0.2) is 54.8 Å². The second-order valence-corrected chi connectivity index (χ2v) is 5.06. The first-order valence-electron chi connectivity index (χ1n) is 6.90. The minimum absolute atomic E-state index is 0.00169. The van der Waals surface area contributed by atoms with Crippen molar-refractivity contribution in [3.05, 3.63) is 29.6 Å². The number of alkyl halides is 3. The number of esters is 1. The summed E-state index contributed by atoms with van der Waals surface area (Å²) in [5.74, 6) is -0.679. The maximum absolute atomic E-state index is 12.4. The van der Waals surface area contributed by atoms with E-state index in [1.807, 2.05) is 0 Å². The van der Waals surface area contributed by atoms with Crippen molar-refractivity contribution in [2.75, 3.05) is 32.8 Å². The SMILES string of the molecule is C[C@H](CN1CCOCC1)OC(=O)c1ccc(C(F)(F)F)nc1. The van der Waals surface area contributed by atoms with Crippen LogP contribution < -0.4 is 0 Å². The van der Waals surface area contributed by atoms with E-state index in [1.165, 1.54) is 0 Å². The van der Waals surface area contributed by atoms with Gasteiger partial charge in [0.2, 0.25) is 0 Å². The Labute approximate surface area is 126 Å². The fourth-order valence-electron chi connectivity index (χ4n) is 2.12. The van der Waals surface area contributed by atoms with Gasteiger partial charge < -0.3 is 9.47 Å². The molecule has 0 amide bonds. The Morgan fingerprint density at radius 3 is 2.64 bits per heavy atom. The minimum atomic E-state index is -4.52. The van der Waals surface area contributed by atoms with Crippen LogP contribution in [0.5, 0.6) is 0 Å². The van der Waals surface area contributed by atoms with Crippen molar-refractivity contribution in [2.45, 2.75) is 19.2 Å². The average molecular weight is 318 g/mol. The third kappa shape index (κ3) is 4.67. The molecule has 8 heteroatoms. The number of pyridine rings is 1. The molecule has 2 heterocycles. The van der Waals surface area contributed by atoms with E-state index < -0.39 is 17.8 Å². The van der Waals surface area contributed by atoms with Crippen LogP contribution >= 0.6 is 0 Å². The normalized spacial score (nSPS) is 18.0. The predicted molar refractivity (Wildman–Crippen MR) is 71.4 cm³/mol. The first-order chi connectivity index (χ1) is 10.4. The highest BCUT2D eigenvalue weighted by atomic mass is 19.4. The number of carbonyl (C=O) groups is 1. The molecule has 0 spiro atoms. The topological polar surface area (TPSA) is 51.7 Å². The predicted octanol–water partition coefficient (Wildman–Crippen LogP) is 1.98. The quantitative estimate of drug-likeness (QED) is 0.795. The molecule has 1 aromatic heterocycles. The number of nitrogens with zero attached hydrogens (tertiary/aromatic N) is 2. The van der Waals surface area contributed by atoms with Crippen molar-refractivity contribution in [2.24, 2.45) is 0 Å². The van der Waals surface area contributed by atoms with Crippen LogP contribution in [0.25, 0.3) is 0 Å². The molecule has 1 fully saturated rings. The van der Waals surface area contributed by atoms with Gasteiger partial charge in [0.15, 0.2) is 0 Å². The van der Waals surface area contributed by atoms with Gasteiger partial charge in [-0.1, -0.05) is 0 Å². The molecular weight excluding hydrogens is 301 g/mol. The third-order valence-electron chi connectivity index (χ3n) is 3.22. The number of carbonyl (C=O) groups excluding carboxylic acids is 1. The highest BCUT2D eigenvalue weighted by molar-refractivity contribution is 5.89. The van der Waals surface area contributed by atoms with Crippen LogP contribution in [0.15, 0.2) is 18.3 Å². The molecule has 1 aromatic rings. The molecule has 0 N–H and O–H groups in total. The lowest BCUT2D eigenvalue weighted by Gasteiger charge is -2.28. The lowest BCUT2D eigenvalue weighted by molar-refractivity contribution is -0.141. The first-order valence-corrected chi connectivity index (χ1v) is 6.90. The van der Waals surface area contributed by atoms with Crippen molar-refractivity contribution in [1.82, 2.24) is 9.88 Å². The molecule has 1 aliphatic heterocycles. The number of aromatic nitrogens is 1. The zero-order chi connectivity index (χ0) is 16.2. The fraction of sp³-hybridized carbons (Fsp3) is 0.571. The summed E-state index contributed by atoms with van der Waals surface area (Å²) in [6.07, 6.45) is -4.01. The van der Waals surface area contributed by atoms with Gasteiger partial charge in [-0.3, -0.25) is 9.88 Å². The standard InChI is InChI=1S/C14H17F3N2O3/c1-10(9-19-4-6-21-7-5-19)22-13(20)11-2-3-12(18-8-11)14(15,16)17/h2-3,8,10H,4-7,9H2,1H3/t10-/m1/s1. The number of halogens is 3. The fourth-order valence-corrected chi connectivity index (χ4v) is 2.12. The molecule has 5 nitrogen and oxygen atoms in total. The number of ether oxygens (including phenoxy) is 2. The Kier molecular flexibility index (Phi) is 5.36. The summed E-state index contributed by atoms with van der Waals surface area (Å²) >= 11 is 0. The smallest absolute Gasteiger partial charge is 0.433 e. The van der Waals surface area contributed by atoms with E-state index in [0.29, 0.717) is 19.8 Å². The van der Waals surface area contributed by atoms with Gasteiger partial charge in [-0.15, -0.1) is 0 Å². The Bertz CT molecular complexity index is 499. The van der Waals surface area contributed by atoms with Crippen molar-refractivity contribution >= 4 is 5.97 Å². The molecule has 1 aliphatic rings. The molecule has 1 saturated heterocycles. The number of hydrogen-bond donors (Lipinski definition) is 0. The van der Waals surface area contributed by atoms with E-state index >= 15 is 0 Å². The van der Waals surface area contributed by atoms with E-state index in [-0.39, 0.29) is 11.7 Å². The maximum atomic E-state index is 12.4. The molecule has 0 aliphatic carbocycles. The second kappa shape index (κ2) is 7.06. The number of rotatable bonds is 4. The van der Waals surface area contributed by atoms with Gasteiger partial charge in [-0.25, -0.2) is 4.79 Å². The minimum Gasteiger partial charge on any atom is -0.458 e. The summed E-state index contributed by atoms with van der Waals surface area (Å²) in [7, 11) is 0. The Hall–Kier alpha value is -1.67. The molecule has 0 bridgehead atoms. The van der Waals surface area contributed by atoms with Crippen LogP contribution in [0.4, 0.5) is 13.2 Å². The number of hydrogen-bond acceptors (Lipinski definition) is 5. The van der Waals surface area contributed by atoms with Gasteiger partial charge >= 0.3 is 12.1 Å². The molecule has 0 aromatic carbocycles. The maximum Gasteiger partial charge on any atom is 0.433 e. The van der Waals surface area contributed by atoms with Gasteiger partial charge in [0.25, 0.3) is 0 Å². The van der Waals surface area contributed by atoms with Crippen molar-refractivity contribution in [3.63, 3.8) is 0 Å². The van der Waals surface area contributed by atoms with E-state index in [4.69, 9.17) is 9.47 Å². The van der Waals surface area contributed by atoms with Crippen molar-refractivity contribution in [3.8, 4) is 0 Å². The monoisotopic (exact) mass is 318 g/mol. The van der Waals surface area contributed by atoms with E-state index in [1.54, 1.807) is 6.92 Å². The van der Waals surface area contributed by atoms with E-state index in [0.717, 1.165) is 31.4 Å². The zero-order valence-electron chi connectivity index (χ0n) is 12.1. The molecule has 122 valence electrons. The van der Waals surface area contributed by atoms with Crippen LogP contribution in [0.2, 0.25) is 0 Å². The van der Waals surface area contributed by atoms with Crippen molar-refractivity contribution < 1.29 is 27.4 Å². The summed E-state index contributed by atoms with van der Waals surface area (Å²) in [5, 5.41) is 0. The molecule has 0 radical (unpaired) electrons. The van der Waals surface area contributed by atoms with Crippen LogP contribution in [0.1, 0.15) is 23.0 Å². The molecule has 1 atom stereocenters. The highest BCUT2D eigenvalue weighted by Gasteiger charge is 2.32. The van der Waals surface area contributed by atoms with Gasteiger partial charge in [-0.05, 0) is 19.1 Å². The van der Waals surface area contributed by atoms with Gasteiger partial charge in [0.05, 0.1) is 18.8 Å². The largest absolute Gasteiger partial charge is 0.458 e. The van der Waals surface area contributed by atoms with Crippen molar-refractivity contribution in [1.29, 1.82) is 0 Å². The summed E-state index contributed by atoms with van der Waals surface area (Å²) in [4.78, 5) is 17.2. The summed E-state index contributed by atoms with van der Waals surface area (Å²) in [6.45, 7) is 5.12. The van der Waals surface area contributed by atoms with E-state index in [9.17, 15) is 18.0 Å². The lowest BCUT2D eigenvalue weighted by atomic mass is 10.2. The highest BCUT2D eigenvalue weighted by Crippen LogP contribution is 2.27. The van der Waals surface area contributed by atoms with Gasteiger partial charge in [-0.2, -0.15) is 13.2 Å². The first kappa shape index (κ1) is 16.7. The van der Waals surface area contributed by atoms with Gasteiger partial charge in [0, 0.05) is 25.8 Å². The second-order valence-electron chi connectivity index (χ2n) is 5.06. The number of morpholine rings is 1. The molecule has 0 unspecified atom stereocenters. The molecule has 0 saturated carbocycles.